The van der Waals surface area contributed by atoms with E-state index in [0.717, 1.165) is 42.0 Å². The van der Waals surface area contributed by atoms with Gasteiger partial charge in [0.15, 0.2) is 5.65 Å². The van der Waals surface area contributed by atoms with Crippen LogP contribution < -0.4 is 11.1 Å². The number of piperidine rings is 1. The Kier molecular flexibility index (Phi) is 3.27. The number of fused-ring (bicyclic) bond motifs is 1. The van der Waals surface area contributed by atoms with Crippen LogP contribution in [0.4, 0.5) is 5.82 Å². The lowest BCUT2D eigenvalue weighted by Crippen LogP contribution is -2.29. The van der Waals surface area contributed by atoms with Crippen molar-refractivity contribution in [2.75, 3.05) is 18.8 Å². The van der Waals surface area contributed by atoms with E-state index in [-0.39, 0.29) is 0 Å². The fourth-order valence-corrected chi connectivity index (χ4v) is 3.14. The molecule has 1 atom stereocenters. The van der Waals surface area contributed by atoms with Crippen LogP contribution in [0.1, 0.15) is 24.5 Å². The SMILES string of the molecule is Nc1cc([C@H]2CCCNC2)nc2c(-c3ccccc3)cnn12. The summed E-state index contributed by atoms with van der Waals surface area (Å²) in [6.45, 7) is 2.06. The lowest BCUT2D eigenvalue weighted by Gasteiger charge is -2.22. The molecule has 1 aromatic carbocycles. The van der Waals surface area contributed by atoms with Crippen LogP contribution in [0.2, 0.25) is 0 Å². The Morgan fingerprint density at radius 2 is 2.09 bits per heavy atom. The van der Waals surface area contributed by atoms with Crippen LogP contribution in [0, 0.1) is 0 Å². The van der Waals surface area contributed by atoms with Gasteiger partial charge in [0.2, 0.25) is 0 Å². The number of nitrogens with zero attached hydrogens (tertiary/aromatic N) is 3. The van der Waals surface area contributed by atoms with Crippen molar-refractivity contribution in [3.05, 3.63) is 48.3 Å². The summed E-state index contributed by atoms with van der Waals surface area (Å²) in [6, 6.07) is 12.2. The molecule has 1 aliphatic rings. The van der Waals surface area contributed by atoms with Crippen molar-refractivity contribution in [2.24, 2.45) is 0 Å². The first-order valence-corrected chi connectivity index (χ1v) is 7.73. The van der Waals surface area contributed by atoms with Crippen LogP contribution in [0.25, 0.3) is 16.8 Å². The maximum atomic E-state index is 6.20. The van der Waals surface area contributed by atoms with E-state index in [2.05, 4.69) is 22.5 Å². The zero-order chi connectivity index (χ0) is 14.9. The summed E-state index contributed by atoms with van der Waals surface area (Å²) in [7, 11) is 0. The Bertz CT molecular complexity index is 787. The average molecular weight is 293 g/mol. The first-order valence-electron chi connectivity index (χ1n) is 7.73. The van der Waals surface area contributed by atoms with Gasteiger partial charge in [-0.2, -0.15) is 9.61 Å². The van der Waals surface area contributed by atoms with E-state index >= 15 is 0 Å². The highest BCUT2D eigenvalue weighted by Crippen LogP contribution is 2.28. The number of nitrogens with two attached hydrogens (primary N) is 1. The number of anilines is 1. The summed E-state index contributed by atoms with van der Waals surface area (Å²) < 4.78 is 1.72. The van der Waals surface area contributed by atoms with E-state index in [0.29, 0.717) is 11.7 Å². The molecule has 5 heteroatoms. The molecular formula is C17H19N5. The molecule has 112 valence electrons. The molecule has 3 aromatic rings. The monoisotopic (exact) mass is 293 g/mol. The predicted octanol–water partition coefficient (Wildman–Crippen LogP) is 2.45. The molecule has 0 bridgehead atoms. The van der Waals surface area contributed by atoms with Crippen LogP contribution in [-0.2, 0) is 0 Å². The van der Waals surface area contributed by atoms with E-state index in [4.69, 9.17) is 10.7 Å². The van der Waals surface area contributed by atoms with Gasteiger partial charge in [-0.1, -0.05) is 30.3 Å². The molecule has 1 saturated heterocycles. The number of aromatic nitrogens is 3. The van der Waals surface area contributed by atoms with Crippen LogP contribution in [0.3, 0.4) is 0 Å². The molecule has 0 saturated carbocycles. The minimum Gasteiger partial charge on any atom is -0.384 e. The molecular weight excluding hydrogens is 274 g/mol. The Labute approximate surface area is 129 Å². The lowest BCUT2D eigenvalue weighted by molar-refractivity contribution is 0.455. The smallest absolute Gasteiger partial charge is 0.165 e. The van der Waals surface area contributed by atoms with Gasteiger partial charge in [0.05, 0.1) is 11.9 Å². The van der Waals surface area contributed by atoms with Gasteiger partial charge in [-0.25, -0.2) is 4.98 Å². The second-order valence-corrected chi connectivity index (χ2v) is 5.81. The standard InChI is InChI=1S/C17H19N5/c18-16-9-15(13-7-4-8-19-10-13)21-17-14(11-20-22(16)17)12-5-2-1-3-6-12/h1-3,5-6,9,11,13,19H,4,7-8,10,18H2/t13-/m0/s1. The van der Waals surface area contributed by atoms with E-state index in [9.17, 15) is 0 Å². The van der Waals surface area contributed by atoms with Crippen LogP contribution in [-0.4, -0.2) is 27.7 Å². The van der Waals surface area contributed by atoms with Crippen LogP contribution >= 0.6 is 0 Å². The lowest BCUT2D eigenvalue weighted by atomic mass is 9.96. The molecule has 1 aliphatic heterocycles. The zero-order valence-electron chi connectivity index (χ0n) is 12.4. The molecule has 0 radical (unpaired) electrons. The second kappa shape index (κ2) is 5.42. The molecule has 3 N–H and O–H groups in total. The number of nitrogen functional groups attached to an aromatic ring is 1. The predicted molar refractivity (Wildman–Crippen MR) is 87.7 cm³/mol. The molecule has 0 spiro atoms. The van der Waals surface area contributed by atoms with Gasteiger partial charge in [0, 0.05) is 24.1 Å². The number of nitrogens with one attached hydrogen (secondary N) is 1. The van der Waals surface area contributed by atoms with Crippen molar-refractivity contribution in [2.45, 2.75) is 18.8 Å². The van der Waals surface area contributed by atoms with Gasteiger partial charge in [0.25, 0.3) is 0 Å². The number of benzene rings is 1. The maximum Gasteiger partial charge on any atom is 0.165 e. The van der Waals surface area contributed by atoms with Gasteiger partial charge < -0.3 is 11.1 Å². The number of rotatable bonds is 2. The summed E-state index contributed by atoms with van der Waals surface area (Å²) in [6.07, 6.45) is 4.18. The third-order valence-corrected chi connectivity index (χ3v) is 4.32. The van der Waals surface area contributed by atoms with Crippen molar-refractivity contribution < 1.29 is 0 Å². The molecule has 22 heavy (non-hydrogen) atoms. The first kappa shape index (κ1) is 13.3. The Morgan fingerprint density at radius 3 is 2.86 bits per heavy atom. The Morgan fingerprint density at radius 1 is 1.23 bits per heavy atom. The highest BCUT2D eigenvalue weighted by Gasteiger charge is 2.19. The molecule has 4 rings (SSSR count). The second-order valence-electron chi connectivity index (χ2n) is 5.81. The minimum absolute atomic E-state index is 0.430. The third-order valence-electron chi connectivity index (χ3n) is 4.32. The summed E-state index contributed by atoms with van der Waals surface area (Å²) in [5, 5.41) is 7.83. The van der Waals surface area contributed by atoms with Crippen LogP contribution in [0.15, 0.2) is 42.6 Å². The topological polar surface area (TPSA) is 68.2 Å². The minimum atomic E-state index is 0.430. The highest BCUT2D eigenvalue weighted by molar-refractivity contribution is 5.78. The van der Waals surface area contributed by atoms with Gasteiger partial charge in [-0.05, 0) is 24.9 Å². The molecule has 0 aliphatic carbocycles. The fourth-order valence-electron chi connectivity index (χ4n) is 3.14. The van der Waals surface area contributed by atoms with Gasteiger partial charge >= 0.3 is 0 Å². The third kappa shape index (κ3) is 2.23. The molecule has 2 aromatic heterocycles. The van der Waals surface area contributed by atoms with Gasteiger partial charge in [0.1, 0.15) is 5.82 Å². The maximum absolute atomic E-state index is 6.20. The van der Waals surface area contributed by atoms with Crippen molar-refractivity contribution in [3.63, 3.8) is 0 Å². The quantitative estimate of drug-likeness (QED) is 0.761. The number of hydrogen-bond donors (Lipinski definition) is 2. The van der Waals surface area contributed by atoms with E-state index in [1.165, 1.54) is 6.42 Å². The zero-order valence-corrected chi connectivity index (χ0v) is 12.4. The largest absolute Gasteiger partial charge is 0.384 e. The average Bonchev–Trinajstić information content (AvgIpc) is 3.01. The summed E-state index contributed by atoms with van der Waals surface area (Å²) in [5.74, 6) is 1.08. The first-order chi connectivity index (χ1) is 10.8. The number of hydrogen-bond acceptors (Lipinski definition) is 4. The molecule has 0 amide bonds. The summed E-state index contributed by atoms with van der Waals surface area (Å²) in [5.41, 5.74) is 10.2. The highest BCUT2D eigenvalue weighted by atomic mass is 15.3. The molecule has 0 unspecified atom stereocenters. The van der Waals surface area contributed by atoms with Crippen molar-refractivity contribution in [1.29, 1.82) is 0 Å². The molecule has 1 fully saturated rings. The fraction of sp³-hybridized carbons (Fsp3) is 0.294. The molecule has 5 nitrogen and oxygen atoms in total. The van der Waals surface area contributed by atoms with Crippen molar-refractivity contribution in [3.8, 4) is 11.1 Å². The van der Waals surface area contributed by atoms with Crippen LogP contribution in [0.5, 0.6) is 0 Å². The van der Waals surface area contributed by atoms with Crippen molar-refractivity contribution >= 4 is 11.5 Å². The van der Waals surface area contributed by atoms with E-state index in [1.54, 1.807) is 4.52 Å². The Balaban J connectivity index is 1.84. The van der Waals surface area contributed by atoms with E-state index < -0.39 is 0 Å². The van der Waals surface area contributed by atoms with Gasteiger partial charge in [-0.15, -0.1) is 0 Å². The van der Waals surface area contributed by atoms with Crippen molar-refractivity contribution in [1.82, 2.24) is 19.9 Å². The van der Waals surface area contributed by atoms with E-state index in [1.807, 2.05) is 30.5 Å². The van der Waals surface area contributed by atoms with Gasteiger partial charge in [-0.3, -0.25) is 0 Å². The summed E-state index contributed by atoms with van der Waals surface area (Å²) >= 11 is 0. The molecule has 3 heterocycles. The normalized spacial score (nSPS) is 18.6. The Hall–Kier alpha value is -2.40. The summed E-state index contributed by atoms with van der Waals surface area (Å²) in [4.78, 5) is 4.88.